The van der Waals surface area contributed by atoms with Crippen LogP contribution in [0.3, 0.4) is 0 Å². The predicted octanol–water partition coefficient (Wildman–Crippen LogP) is 4.11. The Labute approximate surface area is 187 Å². The molecule has 1 fully saturated rings. The molecule has 3 N–H and O–H groups in total. The first kappa shape index (κ1) is 21.1. The summed E-state index contributed by atoms with van der Waals surface area (Å²) in [5.41, 5.74) is 1.60. The fraction of sp³-hybridized carbons (Fsp3) is 0.273. The lowest BCUT2D eigenvalue weighted by Gasteiger charge is -2.24. The van der Waals surface area contributed by atoms with Crippen LogP contribution in [0.2, 0.25) is 0 Å². The van der Waals surface area contributed by atoms with Crippen LogP contribution in [0.25, 0.3) is 16.9 Å². The van der Waals surface area contributed by atoms with E-state index in [-0.39, 0.29) is 11.6 Å². The van der Waals surface area contributed by atoms with Gasteiger partial charge >= 0.3 is 6.18 Å². The molecule has 8 nitrogen and oxygen atoms in total. The standard InChI is InChI=1S/C22H21F3N8/c23-22(24,25)15-2-1-3-17(10-15)31-21-28-11-14(12-29-21)18-13-27-20-5-4-19(32-33(18)20)30-16-6-8-26-9-7-16/h1-5,10-13,16,26H,6-9H2,(H,30,32)(H,28,29,31). The van der Waals surface area contributed by atoms with Crippen LogP contribution in [-0.4, -0.2) is 43.7 Å². The topological polar surface area (TPSA) is 92.1 Å². The first-order valence-corrected chi connectivity index (χ1v) is 10.5. The van der Waals surface area contributed by atoms with Crippen LogP contribution in [0.1, 0.15) is 18.4 Å². The van der Waals surface area contributed by atoms with Crippen LogP contribution < -0.4 is 16.0 Å². The van der Waals surface area contributed by atoms with Crippen molar-refractivity contribution in [1.82, 2.24) is 29.9 Å². The monoisotopic (exact) mass is 454 g/mol. The van der Waals surface area contributed by atoms with E-state index in [4.69, 9.17) is 0 Å². The Balaban J connectivity index is 1.35. The first-order chi connectivity index (χ1) is 16.0. The minimum absolute atomic E-state index is 0.188. The molecule has 4 aromatic rings. The van der Waals surface area contributed by atoms with Crippen molar-refractivity contribution in [3.63, 3.8) is 0 Å². The third-order valence-corrected chi connectivity index (χ3v) is 5.45. The predicted molar refractivity (Wildman–Crippen MR) is 118 cm³/mol. The Morgan fingerprint density at radius 3 is 2.52 bits per heavy atom. The molecule has 0 radical (unpaired) electrons. The average Bonchev–Trinajstić information content (AvgIpc) is 3.23. The molecule has 1 aromatic carbocycles. The van der Waals surface area contributed by atoms with Crippen LogP contribution in [0.5, 0.6) is 0 Å². The van der Waals surface area contributed by atoms with Gasteiger partial charge in [0.05, 0.1) is 17.5 Å². The lowest BCUT2D eigenvalue weighted by Crippen LogP contribution is -2.35. The number of halogens is 3. The maximum Gasteiger partial charge on any atom is 0.416 e. The zero-order chi connectivity index (χ0) is 22.8. The molecular formula is C22H21F3N8. The molecule has 33 heavy (non-hydrogen) atoms. The number of alkyl halides is 3. The molecule has 4 heterocycles. The highest BCUT2D eigenvalue weighted by Crippen LogP contribution is 2.31. The summed E-state index contributed by atoms with van der Waals surface area (Å²) >= 11 is 0. The Morgan fingerprint density at radius 1 is 0.970 bits per heavy atom. The number of piperidine rings is 1. The summed E-state index contributed by atoms with van der Waals surface area (Å²) in [4.78, 5) is 12.9. The first-order valence-electron chi connectivity index (χ1n) is 10.5. The minimum Gasteiger partial charge on any atom is -0.366 e. The van der Waals surface area contributed by atoms with E-state index < -0.39 is 11.7 Å². The largest absolute Gasteiger partial charge is 0.416 e. The summed E-state index contributed by atoms with van der Waals surface area (Å²) in [5.74, 6) is 0.950. The maximum atomic E-state index is 12.9. The number of benzene rings is 1. The molecule has 0 amide bonds. The van der Waals surface area contributed by atoms with Crippen molar-refractivity contribution < 1.29 is 13.2 Å². The van der Waals surface area contributed by atoms with E-state index in [1.54, 1.807) is 23.1 Å². The normalized spacial score (nSPS) is 15.0. The van der Waals surface area contributed by atoms with Gasteiger partial charge in [-0.15, -0.1) is 5.10 Å². The second-order valence-corrected chi connectivity index (χ2v) is 7.80. The van der Waals surface area contributed by atoms with Gasteiger partial charge in [0.1, 0.15) is 5.82 Å². The third-order valence-electron chi connectivity index (χ3n) is 5.45. The van der Waals surface area contributed by atoms with E-state index in [2.05, 4.69) is 36.0 Å². The summed E-state index contributed by atoms with van der Waals surface area (Å²) < 4.78 is 40.5. The molecule has 11 heteroatoms. The number of hydrogen-bond acceptors (Lipinski definition) is 7. The van der Waals surface area contributed by atoms with E-state index in [0.29, 0.717) is 22.9 Å². The Hall–Kier alpha value is -3.73. The number of anilines is 3. The van der Waals surface area contributed by atoms with Crippen molar-refractivity contribution in [2.24, 2.45) is 0 Å². The molecular weight excluding hydrogens is 433 g/mol. The summed E-state index contributed by atoms with van der Waals surface area (Å²) in [7, 11) is 0. The SMILES string of the molecule is FC(F)(F)c1cccc(Nc2ncc(-c3cnc4ccc(NC5CCNCC5)nn34)cn2)c1. The smallest absolute Gasteiger partial charge is 0.366 e. The van der Waals surface area contributed by atoms with Crippen molar-refractivity contribution in [2.45, 2.75) is 25.1 Å². The van der Waals surface area contributed by atoms with Gasteiger partial charge in [-0.1, -0.05) is 6.07 Å². The highest BCUT2D eigenvalue weighted by molar-refractivity contribution is 5.63. The van der Waals surface area contributed by atoms with Crippen LogP contribution in [-0.2, 0) is 6.18 Å². The summed E-state index contributed by atoms with van der Waals surface area (Å²) in [6.45, 7) is 1.96. The fourth-order valence-corrected chi connectivity index (χ4v) is 3.75. The molecule has 1 aliphatic heterocycles. The lowest BCUT2D eigenvalue weighted by molar-refractivity contribution is -0.137. The molecule has 170 valence electrons. The summed E-state index contributed by atoms with van der Waals surface area (Å²) in [5, 5.41) is 14.3. The number of fused-ring (bicyclic) bond motifs is 1. The fourth-order valence-electron chi connectivity index (χ4n) is 3.75. The van der Waals surface area contributed by atoms with Crippen molar-refractivity contribution in [1.29, 1.82) is 0 Å². The zero-order valence-corrected chi connectivity index (χ0v) is 17.5. The van der Waals surface area contributed by atoms with Crippen LogP contribution in [0.15, 0.2) is 55.0 Å². The molecule has 0 saturated carbocycles. The Morgan fingerprint density at radius 2 is 1.76 bits per heavy atom. The van der Waals surface area contributed by atoms with Gasteiger partial charge in [-0.2, -0.15) is 13.2 Å². The molecule has 0 unspecified atom stereocenters. The van der Waals surface area contributed by atoms with Gasteiger partial charge in [-0.3, -0.25) is 0 Å². The molecule has 3 aromatic heterocycles. The van der Waals surface area contributed by atoms with Gasteiger partial charge in [0.25, 0.3) is 0 Å². The van der Waals surface area contributed by atoms with Crippen molar-refractivity contribution >= 4 is 23.1 Å². The van der Waals surface area contributed by atoms with E-state index >= 15 is 0 Å². The molecule has 0 bridgehead atoms. The third kappa shape index (κ3) is 4.72. The number of imidazole rings is 1. The molecule has 0 aliphatic carbocycles. The van der Waals surface area contributed by atoms with E-state index in [1.165, 1.54) is 12.1 Å². The highest BCUT2D eigenvalue weighted by atomic mass is 19.4. The van der Waals surface area contributed by atoms with Gasteiger partial charge in [0, 0.05) is 29.7 Å². The summed E-state index contributed by atoms with van der Waals surface area (Å²) in [6.07, 6.45) is 2.51. The lowest BCUT2D eigenvalue weighted by atomic mass is 10.1. The second-order valence-electron chi connectivity index (χ2n) is 7.80. The van der Waals surface area contributed by atoms with Gasteiger partial charge < -0.3 is 16.0 Å². The molecule has 0 atom stereocenters. The van der Waals surface area contributed by atoms with Crippen LogP contribution in [0.4, 0.5) is 30.6 Å². The molecule has 5 rings (SSSR count). The number of hydrogen-bond donors (Lipinski definition) is 3. The van der Waals surface area contributed by atoms with Gasteiger partial charge in [0.2, 0.25) is 5.95 Å². The van der Waals surface area contributed by atoms with Crippen LogP contribution in [0, 0.1) is 0 Å². The highest BCUT2D eigenvalue weighted by Gasteiger charge is 2.30. The average molecular weight is 454 g/mol. The summed E-state index contributed by atoms with van der Waals surface area (Å²) in [6, 6.07) is 9.06. The van der Waals surface area contributed by atoms with Crippen molar-refractivity contribution in [3.8, 4) is 11.3 Å². The van der Waals surface area contributed by atoms with E-state index in [0.717, 1.165) is 43.9 Å². The Kier molecular flexibility index (Phi) is 5.55. The van der Waals surface area contributed by atoms with Gasteiger partial charge in [0.15, 0.2) is 5.65 Å². The minimum atomic E-state index is -4.42. The number of rotatable bonds is 5. The maximum absolute atomic E-state index is 12.9. The van der Waals surface area contributed by atoms with E-state index in [1.807, 2.05) is 12.1 Å². The van der Waals surface area contributed by atoms with Crippen LogP contribution >= 0.6 is 0 Å². The molecule has 1 aliphatic rings. The van der Waals surface area contributed by atoms with Gasteiger partial charge in [-0.05, 0) is 56.3 Å². The number of aromatic nitrogens is 5. The second kappa shape index (κ2) is 8.66. The quantitative estimate of drug-likeness (QED) is 0.418. The van der Waals surface area contributed by atoms with E-state index in [9.17, 15) is 13.2 Å². The number of nitrogens with zero attached hydrogens (tertiary/aromatic N) is 5. The molecule has 1 saturated heterocycles. The van der Waals surface area contributed by atoms with Gasteiger partial charge in [-0.25, -0.2) is 19.5 Å². The zero-order valence-electron chi connectivity index (χ0n) is 17.5. The number of nitrogens with one attached hydrogen (secondary N) is 3. The van der Waals surface area contributed by atoms with Crippen molar-refractivity contribution in [2.75, 3.05) is 23.7 Å². The Bertz CT molecular complexity index is 1250. The van der Waals surface area contributed by atoms with Crippen molar-refractivity contribution in [3.05, 3.63) is 60.6 Å². The molecule has 0 spiro atoms.